The van der Waals surface area contributed by atoms with Crippen molar-refractivity contribution in [1.82, 2.24) is 10.2 Å². The van der Waals surface area contributed by atoms with Gasteiger partial charge in [-0.15, -0.1) is 0 Å². The minimum atomic E-state index is 0.220. The zero-order chi connectivity index (χ0) is 17.5. The molecule has 0 saturated carbocycles. The molecule has 5 heteroatoms. The number of hydrogen-bond donors (Lipinski definition) is 2. The Labute approximate surface area is 155 Å². The molecule has 0 spiro atoms. The van der Waals surface area contributed by atoms with Crippen LogP contribution in [0.2, 0.25) is 0 Å². The molecule has 4 nitrogen and oxygen atoms in total. The first kappa shape index (κ1) is 18.0. The van der Waals surface area contributed by atoms with Crippen LogP contribution >= 0.6 is 12.2 Å². The second kappa shape index (κ2) is 9.02. The Morgan fingerprint density at radius 1 is 1.16 bits per heavy atom. The highest BCUT2D eigenvalue weighted by molar-refractivity contribution is 7.80. The molecule has 1 aromatic heterocycles. The molecule has 1 aliphatic rings. The first-order valence-corrected chi connectivity index (χ1v) is 9.58. The molecule has 0 aliphatic carbocycles. The summed E-state index contributed by atoms with van der Waals surface area (Å²) in [5.41, 5.74) is 2.34. The SMILES string of the molecule is CCc1ccc(NC(=S)NCC(c2ccco2)N2CCCCC2)cc1. The molecule has 0 bridgehead atoms. The number of nitrogens with zero attached hydrogens (tertiary/aromatic N) is 1. The smallest absolute Gasteiger partial charge is 0.170 e. The summed E-state index contributed by atoms with van der Waals surface area (Å²) in [5.74, 6) is 1.00. The molecule has 3 rings (SSSR count). The van der Waals surface area contributed by atoms with Crippen molar-refractivity contribution in [3.63, 3.8) is 0 Å². The van der Waals surface area contributed by atoms with Crippen molar-refractivity contribution in [2.24, 2.45) is 0 Å². The molecule has 1 atom stereocenters. The van der Waals surface area contributed by atoms with Gasteiger partial charge in [0.25, 0.3) is 0 Å². The van der Waals surface area contributed by atoms with E-state index in [4.69, 9.17) is 16.6 Å². The van der Waals surface area contributed by atoms with E-state index in [9.17, 15) is 0 Å². The number of benzene rings is 1. The molecule has 25 heavy (non-hydrogen) atoms. The third-order valence-electron chi connectivity index (χ3n) is 4.78. The standard InChI is InChI=1S/C20H27N3OS/c1-2-16-8-10-17(11-9-16)22-20(25)21-15-18(19-7-6-14-24-19)23-12-4-3-5-13-23/h6-11,14,18H,2-5,12-13,15H2,1H3,(H2,21,22,25). The maximum absolute atomic E-state index is 5.68. The summed E-state index contributed by atoms with van der Waals surface area (Å²) >= 11 is 5.48. The average Bonchev–Trinajstić information content (AvgIpc) is 3.18. The largest absolute Gasteiger partial charge is 0.468 e. The van der Waals surface area contributed by atoms with Gasteiger partial charge in [-0.05, 0) is 74.4 Å². The highest BCUT2D eigenvalue weighted by Gasteiger charge is 2.24. The minimum Gasteiger partial charge on any atom is -0.468 e. The van der Waals surface area contributed by atoms with Crippen molar-refractivity contribution >= 4 is 23.0 Å². The van der Waals surface area contributed by atoms with E-state index in [-0.39, 0.29) is 6.04 Å². The van der Waals surface area contributed by atoms with E-state index in [1.54, 1.807) is 6.26 Å². The number of likely N-dealkylation sites (tertiary alicyclic amines) is 1. The highest BCUT2D eigenvalue weighted by atomic mass is 32.1. The van der Waals surface area contributed by atoms with Crippen LogP contribution in [0.1, 0.15) is 43.6 Å². The second-order valence-electron chi connectivity index (χ2n) is 6.51. The number of hydrogen-bond acceptors (Lipinski definition) is 3. The maximum atomic E-state index is 5.68. The van der Waals surface area contributed by atoms with Crippen molar-refractivity contribution < 1.29 is 4.42 Å². The van der Waals surface area contributed by atoms with Gasteiger partial charge in [-0.2, -0.15) is 0 Å². The zero-order valence-electron chi connectivity index (χ0n) is 14.8. The first-order chi connectivity index (χ1) is 12.3. The van der Waals surface area contributed by atoms with Crippen LogP contribution < -0.4 is 10.6 Å². The summed E-state index contributed by atoms with van der Waals surface area (Å²) in [6.45, 7) is 5.13. The Morgan fingerprint density at radius 3 is 2.56 bits per heavy atom. The number of rotatable bonds is 6. The number of aryl methyl sites for hydroxylation is 1. The fourth-order valence-corrected chi connectivity index (χ4v) is 3.51. The molecular formula is C20H27N3OS. The number of nitrogens with one attached hydrogen (secondary N) is 2. The summed E-state index contributed by atoms with van der Waals surface area (Å²) in [5, 5.41) is 7.28. The van der Waals surface area contributed by atoms with Gasteiger partial charge in [0.15, 0.2) is 5.11 Å². The lowest BCUT2D eigenvalue weighted by Crippen LogP contribution is -2.41. The van der Waals surface area contributed by atoms with Crippen molar-refractivity contribution in [3.05, 3.63) is 54.0 Å². The predicted octanol–water partition coefficient (Wildman–Crippen LogP) is 4.36. The summed E-state index contributed by atoms with van der Waals surface area (Å²) in [7, 11) is 0. The van der Waals surface area contributed by atoms with Gasteiger partial charge in [-0.25, -0.2) is 0 Å². The molecule has 2 heterocycles. The van der Waals surface area contributed by atoms with Gasteiger partial charge in [0.05, 0.1) is 12.3 Å². The Kier molecular flexibility index (Phi) is 6.48. The number of furan rings is 1. The van der Waals surface area contributed by atoms with Gasteiger partial charge in [-0.3, -0.25) is 4.90 Å². The molecule has 0 radical (unpaired) electrons. The second-order valence-corrected chi connectivity index (χ2v) is 6.92. The van der Waals surface area contributed by atoms with E-state index in [0.29, 0.717) is 5.11 Å². The summed E-state index contributed by atoms with van der Waals surface area (Å²) in [6, 6.07) is 12.6. The van der Waals surface area contributed by atoms with E-state index < -0.39 is 0 Å². The molecule has 1 fully saturated rings. The van der Waals surface area contributed by atoms with Crippen molar-refractivity contribution in [3.8, 4) is 0 Å². The third kappa shape index (κ3) is 5.06. The Balaban J connectivity index is 1.57. The molecule has 0 amide bonds. The fraction of sp³-hybridized carbons (Fsp3) is 0.450. The van der Waals surface area contributed by atoms with Crippen molar-refractivity contribution in [2.45, 2.75) is 38.6 Å². The monoisotopic (exact) mass is 357 g/mol. The molecule has 1 aliphatic heterocycles. The lowest BCUT2D eigenvalue weighted by molar-refractivity contribution is 0.146. The molecule has 2 N–H and O–H groups in total. The first-order valence-electron chi connectivity index (χ1n) is 9.17. The maximum Gasteiger partial charge on any atom is 0.170 e. The van der Waals surface area contributed by atoms with Gasteiger partial charge >= 0.3 is 0 Å². The quantitative estimate of drug-likeness (QED) is 0.752. The summed E-state index contributed by atoms with van der Waals surface area (Å²) in [4.78, 5) is 2.49. The van der Waals surface area contributed by atoms with E-state index >= 15 is 0 Å². The van der Waals surface area contributed by atoms with Crippen LogP contribution in [-0.2, 0) is 6.42 Å². The van der Waals surface area contributed by atoms with E-state index in [1.807, 2.05) is 6.07 Å². The number of piperidine rings is 1. The minimum absolute atomic E-state index is 0.220. The van der Waals surface area contributed by atoms with Crippen molar-refractivity contribution in [1.29, 1.82) is 0 Å². The predicted molar refractivity (Wildman–Crippen MR) is 107 cm³/mol. The van der Waals surface area contributed by atoms with Gasteiger partial charge < -0.3 is 15.1 Å². The lowest BCUT2D eigenvalue weighted by atomic mass is 10.1. The van der Waals surface area contributed by atoms with Crippen LogP contribution in [0.15, 0.2) is 47.1 Å². The van der Waals surface area contributed by atoms with Gasteiger partial charge in [0.1, 0.15) is 5.76 Å². The molecule has 134 valence electrons. The van der Waals surface area contributed by atoms with Crippen LogP contribution in [0.25, 0.3) is 0 Å². The molecule has 1 saturated heterocycles. The normalized spacial score (nSPS) is 16.4. The summed E-state index contributed by atoms with van der Waals surface area (Å²) < 4.78 is 5.68. The number of anilines is 1. The Morgan fingerprint density at radius 2 is 1.92 bits per heavy atom. The third-order valence-corrected chi connectivity index (χ3v) is 5.03. The van der Waals surface area contributed by atoms with Crippen LogP contribution in [0.5, 0.6) is 0 Å². The Bertz CT molecular complexity index is 648. The topological polar surface area (TPSA) is 40.4 Å². The van der Waals surface area contributed by atoms with Gasteiger partial charge in [0, 0.05) is 12.2 Å². The average molecular weight is 358 g/mol. The van der Waals surface area contributed by atoms with E-state index in [1.165, 1.54) is 24.8 Å². The van der Waals surface area contributed by atoms with Crippen LogP contribution in [0.4, 0.5) is 5.69 Å². The van der Waals surface area contributed by atoms with Gasteiger partial charge in [0.2, 0.25) is 0 Å². The van der Waals surface area contributed by atoms with E-state index in [0.717, 1.165) is 37.5 Å². The fourth-order valence-electron chi connectivity index (χ4n) is 3.31. The highest BCUT2D eigenvalue weighted by Crippen LogP contribution is 2.24. The van der Waals surface area contributed by atoms with Crippen LogP contribution in [-0.4, -0.2) is 29.6 Å². The van der Waals surface area contributed by atoms with Crippen LogP contribution in [0.3, 0.4) is 0 Å². The number of thiocarbonyl (C=S) groups is 1. The molecule has 1 aromatic carbocycles. The molecular weight excluding hydrogens is 330 g/mol. The van der Waals surface area contributed by atoms with Crippen molar-refractivity contribution in [2.75, 3.05) is 25.0 Å². The Hall–Kier alpha value is -1.85. The van der Waals surface area contributed by atoms with Crippen LogP contribution in [0, 0.1) is 0 Å². The summed E-state index contributed by atoms with van der Waals surface area (Å²) in [6.07, 6.45) is 6.62. The van der Waals surface area contributed by atoms with E-state index in [2.05, 4.69) is 52.8 Å². The molecule has 2 aromatic rings. The van der Waals surface area contributed by atoms with Gasteiger partial charge in [-0.1, -0.05) is 25.5 Å². The lowest BCUT2D eigenvalue weighted by Gasteiger charge is -2.33. The molecule has 1 unspecified atom stereocenters. The zero-order valence-corrected chi connectivity index (χ0v) is 15.6.